The third kappa shape index (κ3) is 3.11. The fraction of sp³-hybridized carbons (Fsp3) is 0.333. The summed E-state index contributed by atoms with van der Waals surface area (Å²) in [6.07, 6.45) is 10.5. The van der Waals surface area contributed by atoms with E-state index in [9.17, 15) is 4.79 Å². The van der Waals surface area contributed by atoms with Crippen LogP contribution in [0, 0.1) is 0 Å². The molecule has 3 rings (SSSR count). The van der Waals surface area contributed by atoms with Gasteiger partial charge in [-0.1, -0.05) is 36.8 Å². The number of amides is 1. The number of nitrogens with one attached hydrogen (secondary N) is 1. The van der Waals surface area contributed by atoms with E-state index in [1.54, 1.807) is 23.0 Å². The van der Waals surface area contributed by atoms with E-state index in [1.807, 2.05) is 19.3 Å². The van der Waals surface area contributed by atoms with Crippen molar-refractivity contribution in [3.05, 3.63) is 59.9 Å². The van der Waals surface area contributed by atoms with Gasteiger partial charge in [-0.3, -0.25) is 9.48 Å². The molecule has 4 heteroatoms. The molecule has 1 aromatic carbocycles. The molecule has 0 radical (unpaired) electrons. The summed E-state index contributed by atoms with van der Waals surface area (Å²) in [5.74, 6) is -0.0499. The monoisotopic (exact) mass is 295 g/mol. The Labute approximate surface area is 130 Å². The number of carbonyl (C=O) groups excluding carboxylic acids is 1. The highest BCUT2D eigenvalue weighted by Gasteiger charge is 2.38. The average molecular weight is 295 g/mol. The Morgan fingerprint density at radius 3 is 2.73 bits per heavy atom. The molecule has 1 aliphatic rings. The summed E-state index contributed by atoms with van der Waals surface area (Å²) in [5, 5.41) is 7.12. The number of hydrogen-bond donors (Lipinski definition) is 1. The lowest BCUT2D eigenvalue weighted by atomic mass is 9.64. The Hall–Kier alpha value is -2.36. The number of rotatable bonds is 5. The summed E-state index contributed by atoms with van der Waals surface area (Å²) in [4.78, 5) is 12.0. The Morgan fingerprint density at radius 1 is 1.36 bits per heavy atom. The highest BCUT2D eigenvalue weighted by molar-refractivity contribution is 5.91. The van der Waals surface area contributed by atoms with Gasteiger partial charge in [-0.05, 0) is 24.5 Å². The van der Waals surface area contributed by atoms with Crippen molar-refractivity contribution >= 4 is 12.0 Å². The van der Waals surface area contributed by atoms with Crippen LogP contribution in [0.2, 0.25) is 0 Å². The van der Waals surface area contributed by atoms with Gasteiger partial charge in [0.1, 0.15) is 0 Å². The van der Waals surface area contributed by atoms with Gasteiger partial charge in [-0.2, -0.15) is 5.10 Å². The van der Waals surface area contributed by atoms with E-state index in [1.165, 1.54) is 12.0 Å². The van der Waals surface area contributed by atoms with E-state index < -0.39 is 0 Å². The molecule has 1 amide bonds. The van der Waals surface area contributed by atoms with Gasteiger partial charge in [-0.25, -0.2) is 0 Å². The number of benzene rings is 1. The molecule has 1 fully saturated rings. The maximum atomic E-state index is 12.0. The lowest BCUT2D eigenvalue weighted by molar-refractivity contribution is -0.116. The van der Waals surface area contributed by atoms with Crippen LogP contribution >= 0.6 is 0 Å². The zero-order valence-electron chi connectivity index (χ0n) is 12.8. The second-order valence-electron chi connectivity index (χ2n) is 6.00. The first-order valence-electron chi connectivity index (χ1n) is 7.68. The first-order valence-corrected chi connectivity index (χ1v) is 7.68. The first-order chi connectivity index (χ1) is 10.7. The van der Waals surface area contributed by atoms with Crippen molar-refractivity contribution in [2.45, 2.75) is 24.7 Å². The van der Waals surface area contributed by atoms with Gasteiger partial charge in [-0.15, -0.1) is 0 Å². The lowest BCUT2D eigenvalue weighted by Gasteiger charge is -2.42. The predicted molar refractivity (Wildman–Crippen MR) is 87.2 cm³/mol. The lowest BCUT2D eigenvalue weighted by Crippen LogP contribution is -2.45. The van der Waals surface area contributed by atoms with E-state index in [-0.39, 0.29) is 11.3 Å². The molecule has 0 aliphatic heterocycles. The van der Waals surface area contributed by atoms with E-state index in [0.29, 0.717) is 6.54 Å². The molecule has 0 saturated heterocycles. The summed E-state index contributed by atoms with van der Waals surface area (Å²) >= 11 is 0. The van der Waals surface area contributed by atoms with Gasteiger partial charge >= 0.3 is 0 Å². The largest absolute Gasteiger partial charge is 0.352 e. The minimum absolute atomic E-state index is 0.0499. The second kappa shape index (κ2) is 6.18. The van der Waals surface area contributed by atoms with E-state index in [0.717, 1.165) is 18.4 Å². The Morgan fingerprint density at radius 2 is 2.14 bits per heavy atom. The zero-order valence-corrected chi connectivity index (χ0v) is 12.8. The fourth-order valence-electron chi connectivity index (χ4n) is 2.98. The molecular weight excluding hydrogens is 274 g/mol. The minimum Gasteiger partial charge on any atom is -0.352 e. The number of carbonyl (C=O) groups is 1. The molecule has 1 aromatic heterocycles. The summed E-state index contributed by atoms with van der Waals surface area (Å²) in [6.45, 7) is 0.702. The molecule has 0 bridgehead atoms. The Balaban J connectivity index is 1.59. The summed E-state index contributed by atoms with van der Waals surface area (Å²) < 4.78 is 1.72. The van der Waals surface area contributed by atoms with E-state index in [2.05, 4.69) is 34.7 Å². The van der Waals surface area contributed by atoms with Crippen LogP contribution in [-0.2, 0) is 17.3 Å². The highest BCUT2D eigenvalue weighted by atomic mass is 16.1. The molecule has 1 heterocycles. The summed E-state index contributed by atoms with van der Waals surface area (Å²) in [7, 11) is 1.86. The maximum Gasteiger partial charge on any atom is 0.244 e. The zero-order chi connectivity index (χ0) is 15.4. The summed E-state index contributed by atoms with van der Waals surface area (Å²) in [6, 6.07) is 10.5. The Bertz CT molecular complexity index is 669. The number of nitrogens with zero attached hydrogens (tertiary/aromatic N) is 2. The molecule has 4 nitrogen and oxygen atoms in total. The fourth-order valence-corrected chi connectivity index (χ4v) is 2.98. The quantitative estimate of drug-likeness (QED) is 0.862. The van der Waals surface area contributed by atoms with Gasteiger partial charge in [0.2, 0.25) is 5.91 Å². The highest BCUT2D eigenvalue weighted by Crippen LogP contribution is 2.43. The van der Waals surface area contributed by atoms with E-state index in [4.69, 9.17) is 0 Å². The van der Waals surface area contributed by atoms with Gasteiger partial charge in [0.15, 0.2) is 0 Å². The maximum absolute atomic E-state index is 12.0. The first kappa shape index (κ1) is 14.6. The average Bonchev–Trinajstić information content (AvgIpc) is 2.91. The van der Waals surface area contributed by atoms with Crippen LogP contribution in [0.5, 0.6) is 0 Å². The van der Waals surface area contributed by atoms with Gasteiger partial charge < -0.3 is 5.32 Å². The third-order valence-electron chi connectivity index (χ3n) is 4.45. The number of aromatic nitrogens is 2. The van der Waals surface area contributed by atoms with Crippen LogP contribution < -0.4 is 5.32 Å². The van der Waals surface area contributed by atoms with Crippen LogP contribution in [0.4, 0.5) is 0 Å². The molecule has 114 valence electrons. The SMILES string of the molecule is Cn1cc(C=CC(=O)NCC2(c3ccccc3)CCC2)cn1. The number of hydrogen-bond acceptors (Lipinski definition) is 2. The van der Waals surface area contributed by atoms with Crippen molar-refractivity contribution in [1.82, 2.24) is 15.1 Å². The molecule has 0 spiro atoms. The number of aryl methyl sites for hydroxylation is 1. The van der Waals surface area contributed by atoms with Gasteiger partial charge in [0, 0.05) is 36.8 Å². The van der Waals surface area contributed by atoms with Gasteiger partial charge in [0.05, 0.1) is 6.20 Å². The molecule has 0 atom stereocenters. The van der Waals surface area contributed by atoms with Crippen molar-refractivity contribution in [3.63, 3.8) is 0 Å². The molecule has 0 unspecified atom stereocenters. The van der Waals surface area contributed by atoms with Crippen LogP contribution in [0.15, 0.2) is 48.8 Å². The van der Waals surface area contributed by atoms with Gasteiger partial charge in [0.25, 0.3) is 0 Å². The smallest absolute Gasteiger partial charge is 0.244 e. The van der Waals surface area contributed by atoms with Crippen molar-refractivity contribution < 1.29 is 4.79 Å². The molecule has 2 aromatic rings. The molecule has 1 aliphatic carbocycles. The van der Waals surface area contributed by atoms with Crippen molar-refractivity contribution in [2.75, 3.05) is 6.54 Å². The van der Waals surface area contributed by atoms with Crippen molar-refractivity contribution in [1.29, 1.82) is 0 Å². The molecular formula is C18H21N3O. The Kier molecular flexibility index (Phi) is 4.09. The molecule has 1 saturated carbocycles. The molecule has 1 N–H and O–H groups in total. The third-order valence-corrected chi connectivity index (χ3v) is 4.45. The minimum atomic E-state index is -0.0499. The standard InChI is InChI=1S/C18H21N3O/c1-21-13-15(12-20-21)8-9-17(22)19-14-18(10-5-11-18)16-6-3-2-4-7-16/h2-4,6-9,12-13H,5,10-11,14H2,1H3,(H,19,22). The van der Waals surface area contributed by atoms with Crippen molar-refractivity contribution in [2.24, 2.45) is 7.05 Å². The molecule has 22 heavy (non-hydrogen) atoms. The van der Waals surface area contributed by atoms with Crippen LogP contribution in [0.1, 0.15) is 30.4 Å². The normalized spacial score (nSPS) is 16.4. The van der Waals surface area contributed by atoms with Crippen LogP contribution in [-0.4, -0.2) is 22.2 Å². The topological polar surface area (TPSA) is 46.9 Å². The van der Waals surface area contributed by atoms with Crippen LogP contribution in [0.25, 0.3) is 6.08 Å². The second-order valence-corrected chi connectivity index (χ2v) is 6.00. The van der Waals surface area contributed by atoms with Crippen LogP contribution in [0.3, 0.4) is 0 Å². The van der Waals surface area contributed by atoms with E-state index >= 15 is 0 Å². The summed E-state index contributed by atoms with van der Waals surface area (Å²) in [5.41, 5.74) is 2.39. The van der Waals surface area contributed by atoms with Crippen molar-refractivity contribution in [3.8, 4) is 0 Å². The predicted octanol–water partition coefficient (Wildman–Crippen LogP) is 2.67.